The van der Waals surface area contributed by atoms with Crippen molar-refractivity contribution in [1.29, 1.82) is 0 Å². The Morgan fingerprint density at radius 1 is 1.09 bits per heavy atom. The maximum atomic E-state index is 12.5. The molecule has 0 saturated heterocycles. The zero-order chi connectivity index (χ0) is 16.7. The van der Waals surface area contributed by atoms with Crippen molar-refractivity contribution in [1.82, 2.24) is 5.16 Å². The second-order valence-corrected chi connectivity index (χ2v) is 7.92. The number of aromatic nitrogens is 1. The van der Waals surface area contributed by atoms with Crippen LogP contribution in [0.3, 0.4) is 0 Å². The Bertz CT molecular complexity index is 821. The fourth-order valence-corrected chi connectivity index (χ4v) is 3.06. The smallest absolute Gasteiger partial charge is 0.263 e. The summed E-state index contributed by atoms with van der Waals surface area (Å²) in [6.07, 6.45) is 0. The number of fused-ring (bicyclic) bond motifs is 1. The van der Waals surface area contributed by atoms with Gasteiger partial charge in [-0.15, -0.1) is 0 Å². The molecular formula is C15H18N2O5S. The van der Waals surface area contributed by atoms with Crippen molar-refractivity contribution in [3.8, 4) is 11.5 Å². The Hall–Kier alpha value is -2.22. The van der Waals surface area contributed by atoms with Crippen molar-refractivity contribution >= 4 is 15.8 Å². The van der Waals surface area contributed by atoms with Gasteiger partial charge in [0.2, 0.25) is 0 Å². The third-order valence-corrected chi connectivity index (χ3v) is 4.66. The molecule has 0 aliphatic carbocycles. The van der Waals surface area contributed by atoms with Crippen LogP contribution in [0, 0.1) is 0 Å². The lowest BCUT2D eigenvalue weighted by molar-refractivity contribution is 0.171. The third-order valence-electron chi connectivity index (χ3n) is 3.31. The van der Waals surface area contributed by atoms with Crippen LogP contribution in [-0.2, 0) is 15.4 Å². The van der Waals surface area contributed by atoms with Crippen LogP contribution in [0.4, 0.5) is 5.82 Å². The van der Waals surface area contributed by atoms with Crippen molar-refractivity contribution in [2.24, 2.45) is 0 Å². The molecule has 7 nitrogen and oxygen atoms in total. The molecule has 0 radical (unpaired) electrons. The number of hydrogen-bond acceptors (Lipinski definition) is 6. The summed E-state index contributed by atoms with van der Waals surface area (Å²) in [4.78, 5) is 0.0714. The van der Waals surface area contributed by atoms with Gasteiger partial charge in [-0.3, -0.25) is 4.72 Å². The van der Waals surface area contributed by atoms with E-state index in [2.05, 4.69) is 9.88 Å². The van der Waals surface area contributed by atoms with Gasteiger partial charge in [0.05, 0.1) is 4.90 Å². The van der Waals surface area contributed by atoms with E-state index in [1.165, 1.54) is 12.1 Å². The van der Waals surface area contributed by atoms with Crippen LogP contribution in [0.1, 0.15) is 26.5 Å². The van der Waals surface area contributed by atoms with Gasteiger partial charge in [-0.2, -0.15) is 0 Å². The first-order valence-corrected chi connectivity index (χ1v) is 8.64. The molecule has 0 saturated carbocycles. The van der Waals surface area contributed by atoms with E-state index in [0.717, 1.165) is 0 Å². The molecule has 2 aromatic rings. The van der Waals surface area contributed by atoms with Gasteiger partial charge in [0.15, 0.2) is 17.3 Å². The van der Waals surface area contributed by atoms with Crippen LogP contribution in [-0.4, -0.2) is 26.8 Å². The van der Waals surface area contributed by atoms with Crippen molar-refractivity contribution in [2.45, 2.75) is 31.1 Å². The summed E-state index contributed by atoms with van der Waals surface area (Å²) >= 11 is 0. The van der Waals surface area contributed by atoms with Gasteiger partial charge >= 0.3 is 0 Å². The third kappa shape index (κ3) is 3.26. The predicted octanol–water partition coefficient (Wildman–Crippen LogP) is 2.54. The standard InChI is InChI=1S/C15H18N2O5S/c1-15(2,3)13-9-14(16-22-13)17-23(18,19)10-4-5-11-12(8-10)21-7-6-20-11/h4-5,8-9H,6-7H2,1-3H3,(H,16,17). The number of rotatable bonds is 3. The summed E-state index contributed by atoms with van der Waals surface area (Å²) in [7, 11) is -3.79. The first-order valence-electron chi connectivity index (χ1n) is 7.15. The van der Waals surface area contributed by atoms with Crippen LogP contribution < -0.4 is 14.2 Å². The summed E-state index contributed by atoms with van der Waals surface area (Å²) < 4.78 is 43.3. The normalized spacial score (nSPS) is 14.6. The van der Waals surface area contributed by atoms with Crippen LogP contribution in [0.5, 0.6) is 11.5 Å². The summed E-state index contributed by atoms with van der Waals surface area (Å²) in [5, 5.41) is 3.76. The highest BCUT2D eigenvalue weighted by Crippen LogP contribution is 2.33. The maximum absolute atomic E-state index is 12.5. The van der Waals surface area contributed by atoms with E-state index in [1.807, 2.05) is 20.8 Å². The Kier molecular flexibility index (Phi) is 3.71. The molecule has 0 atom stereocenters. The molecule has 23 heavy (non-hydrogen) atoms. The molecule has 124 valence electrons. The van der Waals surface area contributed by atoms with Crippen LogP contribution in [0.2, 0.25) is 0 Å². The number of nitrogens with one attached hydrogen (secondary N) is 1. The lowest BCUT2D eigenvalue weighted by Gasteiger charge is -2.18. The van der Waals surface area contributed by atoms with Gasteiger partial charge in [0.1, 0.15) is 19.0 Å². The topological polar surface area (TPSA) is 90.7 Å². The second-order valence-electron chi connectivity index (χ2n) is 6.24. The number of ether oxygens (including phenoxy) is 2. The second kappa shape index (κ2) is 5.45. The highest BCUT2D eigenvalue weighted by Gasteiger charge is 2.23. The van der Waals surface area contributed by atoms with Crippen LogP contribution in [0.15, 0.2) is 33.7 Å². The van der Waals surface area contributed by atoms with E-state index >= 15 is 0 Å². The summed E-state index contributed by atoms with van der Waals surface area (Å²) in [6, 6.07) is 6.05. The van der Waals surface area contributed by atoms with Crippen LogP contribution in [0.25, 0.3) is 0 Å². The first-order chi connectivity index (χ1) is 10.8. The minimum absolute atomic E-state index is 0.0714. The number of sulfonamides is 1. The molecule has 2 heterocycles. The molecule has 0 bridgehead atoms. The van der Waals surface area contributed by atoms with Gasteiger partial charge in [0.25, 0.3) is 10.0 Å². The molecule has 0 fully saturated rings. The zero-order valence-electron chi connectivity index (χ0n) is 13.1. The Labute approximate surface area is 134 Å². The Morgan fingerprint density at radius 3 is 2.43 bits per heavy atom. The SMILES string of the molecule is CC(C)(C)c1cc(NS(=O)(=O)c2ccc3c(c2)OCCO3)no1. The number of nitrogens with zero attached hydrogens (tertiary/aromatic N) is 1. The lowest BCUT2D eigenvalue weighted by Crippen LogP contribution is -2.17. The van der Waals surface area contributed by atoms with E-state index in [4.69, 9.17) is 14.0 Å². The Balaban J connectivity index is 1.86. The molecule has 1 aromatic heterocycles. The molecule has 1 N–H and O–H groups in total. The van der Waals surface area contributed by atoms with Gasteiger partial charge in [0, 0.05) is 17.5 Å². The summed E-state index contributed by atoms with van der Waals surface area (Å²) in [5.74, 6) is 1.68. The molecular weight excluding hydrogens is 320 g/mol. The first kappa shape index (κ1) is 15.7. The van der Waals surface area contributed by atoms with Crippen molar-refractivity contribution < 1.29 is 22.4 Å². The molecule has 3 rings (SSSR count). The van der Waals surface area contributed by atoms with E-state index < -0.39 is 10.0 Å². The van der Waals surface area contributed by atoms with Gasteiger partial charge in [-0.1, -0.05) is 25.9 Å². The number of hydrogen-bond donors (Lipinski definition) is 1. The van der Waals surface area contributed by atoms with E-state index in [0.29, 0.717) is 30.5 Å². The number of benzene rings is 1. The fraction of sp³-hybridized carbons (Fsp3) is 0.400. The minimum atomic E-state index is -3.79. The zero-order valence-corrected chi connectivity index (χ0v) is 13.9. The molecule has 1 aromatic carbocycles. The highest BCUT2D eigenvalue weighted by molar-refractivity contribution is 7.92. The minimum Gasteiger partial charge on any atom is -0.486 e. The quantitative estimate of drug-likeness (QED) is 0.925. The molecule has 0 unspecified atom stereocenters. The van der Waals surface area contributed by atoms with Crippen LogP contribution >= 0.6 is 0 Å². The average Bonchev–Trinajstić information content (AvgIpc) is 2.94. The van der Waals surface area contributed by atoms with Crippen molar-refractivity contribution in [2.75, 3.05) is 17.9 Å². The van der Waals surface area contributed by atoms with Crippen molar-refractivity contribution in [3.63, 3.8) is 0 Å². The Morgan fingerprint density at radius 2 is 1.78 bits per heavy atom. The largest absolute Gasteiger partial charge is 0.486 e. The van der Waals surface area contributed by atoms with E-state index in [1.54, 1.807) is 12.1 Å². The van der Waals surface area contributed by atoms with Gasteiger partial charge < -0.3 is 14.0 Å². The van der Waals surface area contributed by atoms with E-state index in [9.17, 15) is 8.42 Å². The lowest BCUT2D eigenvalue weighted by atomic mass is 9.93. The predicted molar refractivity (Wildman–Crippen MR) is 83.4 cm³/mol. The van der Waals surface area contributed by atoms with Crippen molar-refractivity contribution in [3.05, 3.63) is 30.0 Å². The van der Waals surface area contributed by atoms with Gasteiger partial charge in [-0.05, 0) is 12.1 Å². The number of anilines is 1. The average molecular weight is 338 g/mol. The monoisotopic (exact) mass is 338 g/mol. The molecule has 1 aliphatic heterocycles. The van der Waals surface area contributed by atoms with E-state index in [-0.39, 0.29) is 16.1 Å². The summed E-state index contributed by atoms with van der Waals surface area (Å²) in [5.41, 5.74) is -0.256. The van der Waals surface area contributed by atoms with Gasteiger partial charge in [-0.25, -0.2) is 8.42 Å². The molecule has 0 amide bonds. The molecule has 8 heteroatoms. The highest BCUT2D eigenvalue weighted by atomic mass is 32.2. The molecule has 1 aliphatic rings. The fourth-order valence-electron chi connectivity index (χ4n) is 2.06. The molecule has 0 spiro atoms. The summed E-state index contributed by atoms with van der Waals surface area (Å²) in [6.45, 7) is 6.69. The maximum Gasteiger partial charge on any atom is 0.263 e.